The summed E-state index contributed by atoms with van der Waals surface area (Å²) in [5.74, 6) is 0.594. The van der Waals surface area contributed by atoms with Crippen molar-refractivity contribution < 1.29 is 4.79 Å². The van der Waals surface area contributed by atoms with Gasteiger partial charge in [0, 0.05) is 50.9 Å². The van der Waals surface area contributed by atoms with Crippen LogP contribution in [0.5, 0.6) is 0 Å². The number of fused-ring (bicyclic) bond motifs is 1. The van der Waals surface area contributed by atoms with Gasteiger partial charge in [0.25, 0.3) is 11.5 Å². The molecule has 180 valence electrons. The minimum Gasteiger partial charge on any atom is -0.339 e. The van der Waals surface area contributed by atoms with E-state index in [4.69, 9.17) is 16.6 Å². The van der Waals surface area contributed by atoms with Gasteiger partial charge in [-0.25, -0.2) is 4.79 Å². The molecule has 0 aliphatic carbocycles. The van der Waals surface area contributed by atoms with E-state index in [1.165, 1.54) is 11.6 Å². The number of anilines is 1. The topological polar surface area (TPSA) is 85.4 Å². The van der Waals surface area contributed by atoms with Gasteiger partial charge in [-0.2, -0.15) is 4.98 Å². The van der Waals surface area contributed by atoms with E-state index in [0.29, 0.717) is 60.4 Å². The highest BCUT2D eigenvalue weighted by Crippen LogP contribution is 2.23. The average molecular weight is 493 g/mol. The first-order chi connectivity index (χ1) is 16.8. The predicted molar refractivity (Wildman–Crippen MR) is 135 cm³/mol. The lowest BCUT2D eigenvalue weighted by molar-refractivity contribution is 0.0746. The van der Waals surface area contributed by atoms with E-state index in [0.717, 1.165) is 10.1 Å². The number of aromatic nitrogens is 4. The zero-order chi connectivity index (χ0) is 24.7. The van der Waals surface area contributed by atoms with Crippen LogP contribution in [0.15, 0.2) is 64.2 Å². The van der Waals surface area contributed by atoms with Crippen LogP contribution in [-0.2, 0) is 20.6 Å². The third-order valence-electron chi connectivity index (χ3n) is 6.45. The highest BCUT2D eigenvalue weighted by molar-refractivity contribution is 6.30. The fourth-order valence-electron chi connectivity index (χ4n) is 4.47. The lowest BCUT2D eigenvalue weighted by Crippen LogP contribution is -2.49. The largest absolute Gasteiger partial charge is 0.339 e. The van der Waals surface area contributed by atoms with Crippen LogP contribution in [0, 0.1) is 0 Å². The molecule has 2 aromatic carbocycles. The standard InChI is InChI=1S/C25H25ClN6O3/c1-28-21-20(23(34)29(2)25(28)35)32(16-17-8-10-19(26)11-9-17)24(27-21)31-14-12-30(13-15-31)22(33)18-6-4-3-5-7-18/h3-11H,12-16H2,1-2H3. The Labute approximate surface area is 206 Å². The summed E-state index contributed by atoms with van der Waals surface area (Å²) in [6, 6.07) is 16.6. The molecule has 9 nitrogen and oxygen atoms in total. The Hall–Kier alpha value is -3.85. The summed E-state index contributed by atoms with van der Waals surface area (Å²) in [7, 11) is 3.08. The number of hydrogen-bond donors (Lipinski definition) is 0. The lowest BCUT2D eigenvalue weighted by Gasteiger charge is -2.35. The quantitative estimate of drug-likeness (QED) is 0.435. The van der Waals surface area contributed by atoms with Crippen LogP contribution in [-0.4, -0.2) is 55.7 Å². The molecule has 3 heterocycles. The molecule has 0 unspecified atom stereocenters. The van der Waals surface area contributed by atoms with Crippen LogP contribution in [0.3, 0.4) is 0 Å². The number of amides is 1. The summed E-state index contributed by atoms with van der Waals surface area (Å²) in [5, 5.41) is 0.627. The number of carbonyl (C=O) groups is 1. The molecule has 5 rings (SSSR count). The number of aryl methyl sites for hydroxylation is 1. The number of benzene rings is 2. The summed E-state index contributed by atoms with van der Waals surface area (Å²) in [6.45, 7) is 2.54. The molecule has 35 heavy (non-hydrogen) atoms. The molecule has 0 spiro atoms. The predicted octanol–water partition coefficient (Wildman–Crippen LogP) is 2.10. The summed E-state index contributed by atoms with van der Waals surface area (Å²) in [5.41, 5.74) is 1.49. The molecule has 1 aliphatic rings. The number of nitrogens with zero attached hydrogens (tertiary/aromatic N) is 6. The summed E-state index contributed by atoms with van der Waals surface area (Å²) in [6.07, 6.45) is 0. The van der Waals surface area contributed by atoms with Crippen molar-refractivity contribution in [3.8, 4) is 0 Å². The monoisotopic (exact) mass is 492 g/mol. The number of carbonyl (C=O) groups excluding carboxylic acids is 1. The van der Waals surface area contributed by atoms with E-state index in [1.807, 2.05) is 51.9 Å². The van der Waals surface area contributed by atoms with Gasteiger partial charge in [-0.1, -0.05) is 41.9 Å². The molecular formula is C25H25ClN6O3. The van der Waals surface area contributed by atoms with Crippen LogP contribution >= 0.6 is 11.6 Å². The van der Waals surface area contributed by atoms with Crippen molar-refractivity contribution in [1.82, 2.24) is 23.6 Å². The molecule has 1 fully saturated rings. The van der Waals surface area contributed by atoms with E-state index in [1.54, 1.807) is 19.2 Å². The number of imidazole rings is 1. The minimum atomic E-state index is -0.427. The molecular weight excluding hydrogens is 468 g/mol. The van der Waals surface area contributed by atoms with E-state index in [2.05, 4.69) is 4.90 Å². The van der Waals surface area contributed by atoms with Crippen LogP contribution in [0.25, 0.3) is 11.2 Å². The zero-order valence-electron chi connectivity index (χ0n) is 19.5. The number of halogens is 1. The van der Waals surface area contributed by atoms with E-state index in [9.17, 15) is 14.4 Å². The number of hydrogen-bond acceptors (Lipinski definition) is 5. The molecule has 0 atom stereocenters. The number of piperazine rings is 1. The van der Waals surface area contributed by atoms with Crippen molar-refractivity contribution in [2.75, 3.05) is 31.1 Å². The maximum absolute atomic E-state index is 13.2. The van der Waals surface area contributed by atoms with Gasteiger partial charge in [0.05, 0.1) is 6.54 Å². The highest BCUT2D eigenvalue weighted by atomic mass is 35.5. The fourth-order valence-corrected chi connectivity index (χ4v) is 4.60. The minimum absolute atomic E-state index is 0.00353. The third-order valence-corrected chi connectivity index (χ3v) is 6.70. The first-order valence-corrected chi connectivity index (χ1v) is 11.7. The second kappa shape index (κ2) is 9.07. The Balaban J connectivity index is 1.52. The van der Waals surface area contributed by atoms with Crippen LogP contribution in [0.4, 0.5) is 5.95 Å². The normalized spacial score (nSPS) is 14.0. The SMILES string of the molecule is Cn1c(=O)c2c(nc(N3CCN(C(=O)c4ccccc4)CC3)n2Cc2ccc(Cl)cc2)n(C)c1=O. The zero-order valence-corrected chi connectivity index (χ0v) is 20.3. The van der Waals surface area contributed by atoms with Gasteiger partial charge < -0.3 is 9.80 Å². The van der Waals surface area contributed by atoms with Crippen molar-refractivity contribution in [2.45, 2.75) is 6.54 Å². The van der Waals surface area contributed by atoms with Crippen LogP contribution < -0.4 is 16.1 Å². The molecule has 0 N–H and O–H groups in total. The maximum Gasteiger partial charge on any atom is 0.332 e. The molecule has 4 aromatic rings. The van der Waals surface area contributed by atoms with E-state index >= 15 is 0 Å². The van der Waals surface area contributed by atoms with Crippen molar-refractivity contribution in [1.29, 1.82) is 0 Å². The Morgan fingerprint density at radius 1 is 0.914 bits per heavy atom. The average Bonchev–Trinajstić information content (AvgIpc) is 3.27. The van der Waals surface area contributed by atoms with Gasteiger partial charge in [-0.05, 0) is 29.8 Å². The van der Waals surface area contributed by atoms with E-state index in [-0.39, 0.29) is 5.91 Å². The highest BCUT2D eigenvalue weighted by Gasteiger charge is 2.27. The molecule has 0 bridgehead atoms. The van der Waals surface area contributed by atoms with Gasteiger partial charge in [-0.3, -0.25) is 23.3 Å². The molecule has 1 saturated heterocycles. The van der Waals surface area contributed by atoms with Gasteiger partial charge in [-0.15, -0.1) is 0 Å². The van der Waals surface area contributed by atoms with Crippen LogP contribution in [0.1, 0.15) is 15.9 Å². The van der Waals surface area contributed by atoms with Crippen molar-refractivity contribution in [3.05, 3.63) is 91.6 Å². The van der Waals surface area contributed by atoms with Crippen molar-refractivity contribution in [2.24, 2.45) is 14.1 Å². The Morgan fingerprint density at radius 3 is 2.23 bits per heavy atom. The molecule has 0 saturated carbocycles. The summed E-state index contributed by atoms with van der Waals surface area (Å²) in [4.78, 5) is 47.2. The molecule has 1 aliphatic heterocycles. The van der Waals surface area contributed by atoms with Crippen molar-refractivity contribution in [3.63, 3.8) is 0 Å². The van der Waals surface area contributed by atoms with Gasteiger partial charge in [0.15, 0.2) is 11.2 Å². The van der Waals surface area contributed by atoms with Gasteiger partial charge in [0.2, 0.25) is 5.95 Å². The lowest BCUT2D eigenvalue weighted by atomic mass is 10.2. The van der Waals surface area contributed by atoms with Crippen LogP contribution in [0.2, 0.25) is 5.02 Å². The van der Waals surface area contributed by atoms with E-state index < -0.39 is 11.2 Å². The second-order valence-electron chi connectivity index (χ2n) is 8.65. The number of rotatable bonds is 4. The fraction of sp³-hybridized carbons (Fsp3) is 0.280. The molecule has 2 aromatic heterocycles. The third kappa shape index (κ3) is 4.12. The molecule has 10 heteroatoms. The first kappa shape index (κ1) is 22.9. The maximum atomic E-state index is 13.2. The Bertz CT molecular complexity index is 1510. The summed E-state index contributed by atoms with van der Waals surface area (Å²) >= 11 is 6.06. The van der Waals surface area contributed by atoms with Gasteiger partial charge >= 0.3 is 5.69 Å². The van der Waals surface area contributed by atoms with Crippen molar-refractivity contribution >= 4 is 34.6 Å². The summed E-state index contributed by atoms with van der Waals surface area (Å²) < 4.78 is 4.35. The molecule has 1 amide bonds. The smallest absolute Gasteiger partial charge is 0.332 e. The second-order valence-corrected chi connectivity index (χ2v) is 9.08. The Morgan fingerprint density at radius 2 is 1.57 bits per heavy atom. The molecule has 0 radical (unpaired) electrons. The van der Waals surface area contributed by atoms with Gasteiger partial charge in [0.1, 0.15) is 0 Å². The Kier molecular flexibility index (Phi) is 5.94. The first-order valence-electron chi connectivity index (χ1n) is 11.3.